The number of fused-ring (bicyclic) bond motifs is 1. The fourth-order valence-electron chi connectivity index (χ4n) is 3.56. The maximum absolute atomic E-state index is 13.8. The number of carbonyl (C=O) groups is 2. The van der Waals surface area contributed by atoms with Crippen molar-refractivity contribution in [1.82, 2.24) is 5.32 Å². The summed E-state index contributed by atoms with van der Waals surface area (Å²) >= 11 is 0. The summed E-state index contributed by atoms with van der Waals surface area (Å²) < 4.78 is 40.6. The highest BCUT2D eigenvalue weighted by Crippen LogP contribution is 2.80. The van der Waals surface area contributed by atoms with E-state index in [-0.39, 0.29) is 44.0 Å². The molecule has 0 unspecified atom stereocenters. The summed E-state index contributed by atoms with van der Waals surface area (Å²) in [6.45, 7) is 3.11. The monoisotopic (exact) mass is 544 g/mol. The molecule has 2 saturated heterocycles. The van der Waals surface area contributed by atoms with E-state index >= 15 is 0 Å². The molecule has 0 aromatic heterocycles. The molecule has 36 heavy (non-hydrogen) atoms. The largest absolute Gasteiger partial charge is 0.490 e. The Morgan fingerprint density at radius 2 is 1.50 bits per heavy atom. The number of benzene rings is 2. The summed E-state index contributed by atoms with van der Waals surface area (Å²) in [5.41, 5.74) is 0.238. The predicted octanol–water partition coefficient (Wildman–Crippen LogP) is 3.48. The summed E-state index contributed by atoms with van der Waals surface area (Å²) in [6.07, 6.45) is 0.736. The molecule has 0 bridgehead atoms. The molecule has 4 N–H and O–H groups in total. The molecule has 3 heterocycles. The molecule has 14 heteroatoms. The normalized spacial score (nSPS) is 19.5. The Morgan fingerprint density at radius 3 is 2.00 bits per heavy atom. The van der Waals surface area contributed by atoms with Crippen molar-refractivity contribution in [2.75, 3.05) is 38.4 Å². The van der Waals surface area contributed by atoms with Crippen molar-refractivity contribution in [2.45, 2.75) is 18.9 Å². The molecular formula is C22H27FN2O9P2+2. The Kier molecular flexibility index (Phi) is 8.49. The van der Waals surface area contributed by atoms with Crippen molar-refractivity contribution in [3.63, 3.8) is 0 Å². The third-order valence-corrected chi connectivity index (χ3v) is 10.7. The van der Waals surface area contributed by atoms with Crippen LogP contribution in [-0.4, -0.2) is 60.2 Å². The van der Waals surface area contributed by atoms with E-state index in [2.05, 4.69) is 10.6 Å². The number of nitrogens with one attached hydrogen (secondary N) is 2. The van der Waals surface area contributed by atoms with Gasteiger partial charge in [0, 0.05) is 11.8 Å². The maximum atomic E-state index is 13.8. The molecule has 0 atom stereocenters. The fourth-order valence-corrected chi connectivity index (χ4v) is 8.52. The topological polar surface area (TPSA) is 145 Å². The van der Waals surface area contributed by atoms with Crippen LogP contribution in [0.3, 0.4) is 0 Å². The van der Waals surface area contributed by atoms with Gasteiger partial charge in [0.05, 0.1) is 17.7 Å². The standard InChI is InChI=1S/C14H22FNO7P2.C8H5NO2/c1-2-5-19-13-10-11(3-4-12(13)15)16-14(24(17)20-6-7-21-24)25(18)22-8-9-23-25;10-7-5-3-1-2-4-6(5)8(11)9-7/h3-4,10,14,16-18H,2,5-9H2,1H3;1-4H,(H,9,10,11)/q+2;. The minimum Gasteiger partial charge on any atom is -0.490 e. The van der Waals surface area contributed by atoms with Crippen LogP contribution in [0.4, 0.5) is 10.1 Å². The zero-order chi connectivity index (χ0) is 25.8. The Hall–Kier alpha value is -2.27. The Morgan fingerprint density at radius 1 is 0.972 bits per heavy atom. The highest BCUT2D eigenvalue weighted by Gasteiger charge is 2.74. The van der Waals surface area contributed by atoms with Crippen LogP contribution in [0, 0.1) is 5.82 Å². The van der Waals surface area contributed by atoms with Crippen LogP contribution in [0.15, 0.2) is 42.5 Å². The smallest absolute Gasteiger partial charge is 0.483 e. The van der Waals surface area contributed by atoms with Gasteiger partial charge in [-0.3, -0.25) is 14.9 Å². The lowest BCUT2D eigenvalue weighted by Gasteiger charge is -2.23. The summed E-state index contributed by atoms with van der Waals surface area (Å²) in [4.78, 5) is 43.3. The second-order valence-corrected chi connectivity index (χ2v) is 12.5. The van der Waals surface area contributed by atoms with Crippen LogP contribution in [0.2, 0.25) is 0 Å². The van der Waals surface area contributed by atoms with Gasteiger partial charge < -0.3 is 10.1 Å². The number of ether oxygens (including phenoxy) is 1. The second kappa shape index (κ2) is 11.4. The molecular weight excluding hydrogens is 517 g/mol. The minimum absolute atomic E-state index is 0.0720. The number of hydrogen-bond acceptors (Lipinski definition) is 10. The number of amides is 2. The number of halogens is 1. The van der Waals surface area contributed by atoms with E-state index in [0.717, 1.165) is 6.42 Å². The van der Waals surface area contributed by atoms with Crippen molar-refractivity contribution in [3.05, 3.63) is 59.4 Å². The van der Waals surface area contributed by atoms with E-state index in [4.69, 9.17) is 22.8 Å². The van der Waals surface area contributed by atoms with Gasteiger partial charge in [0.25, 0.3) is 11.8 Å². The van der Waals surface area contributed by atoms with Gasteiger partial charge in [-0.25, -0.2) is 4.39 Å². The Balaban J connectivity index is 0.000000229. The van der Waals surface area contributed by atoms with Gasteiger partial charge in [0.15, 0.2) is 11.6 Å². The number of rotatable bonds is 7. The van der Waals surface area contributed by atoms with Crippen LogP contribution in [0.1, 0.15) is 34.1 Å². The lowest BCUT2D eigenvalue weighted by molar-refractivity contribution is 0.0879. The van der Waals surface area contributed by atoms with E-state index in [1.165, 1.54) is 18.2 Å². The van der Waals surface area contributed by atoms with Gasteiger partial charge in [-0.05, 0) is 30.7 Å². The molecule has 0 saturated carbocycles. The van der Waals surface area contributed by atoms with Crippen LogP contribution in [-0.2, 0) is 18.1 Å². The number of hydrogen-bond donors (Lipinski definition) is 4. The summed E-state index contributed by atoms with van der Waals surface area (Å²) in [6, 6.07) is 10.9. The molecule has 2 aromatic carbocycles. The average molecular weight is 544 g/mol. The van der Waals surface area contributed by atoms with Crippen LogP contribution < -0.4 is 15.4 Å². The second-order valence-electron chi connectivity index (χ2n) is 7.80. The number of carbonyl (C=O) groups excluding carboxylic acids is 2. The maximum Gasteiger partial charge on any atom is 0.483 e. The molecule has 2 aromatic rings. The molecule has 2 amide bonds. The molecule has 3 aliphatic heterocycles. The van der Waals surface area contributed by atoms with Gasteiger partial charge in [-0.15, -0.1) is 0 Å². The number of anilines is 1. The highest BCUT2D eigenvalue weighted by atomic mass is 31.3. The lowest BCUT2D eigenvalue weighted by atomic mass is 10.1. The van der Waals surface area contributed by atoms with Gasteiger partial charge in [0.1, 0.15) is 26.4 Å². The highest BCUT2D eigenvalue weighted by molar-refractivity contribution is 7.79. The van der Waals surface area contributed by atoms with E-state index in [9.17, 15) is 23.8 Å². The van der Waals surface area contributed by atoms with Crippen LogP contribution >= 0.6 is 15.9 Å². The van der Waals surface area contributed by atoms with Crippen molar-refractivity contribution >= 4 is 33.4 Å². The molecule has 3 aliphatic rings. The van der Waals surface area contributed by atoms with Crippen LogP contribution in [0.5, 0.6) is 5.75 Å². The van der Waals surface area contributed by atoms with Crippen molar-refractivity contribution in [2.24, 2.45) is 0 Å². The molecule has 2 fully saturated rings. The SMILES string of the molecule is CCCOc1cc(NC([P+]2(O)OCCO2)[P+]2(O)OCCO2)ccc1F.O=C1NC(=O)c2ccccc21. The summed E-state index contributed by atoms with van der Waals surface area (Å²) in [7, 11) is -6.91. The first kappa shape index (κ1) is 26.8. The van der Waals surface area contributed by atoms with Gasteiger partial charge >= 0.3 is 21.4 Å². The summed E-state index contributed by atoms with van der Waals surface area (Å²) in [5, 5.41) is 5.14. The third kappa shape index (κ3) is 5.82. The third-order valence-electron chi connectivity index (χ3n) is 5.22. The molecule has 11 nitrogen and oxygen atoms in total. The van der Waals surface area contributed by atoms with Gasteiger partial charge in [0.2, 0.25) is 0 Å². The van der Waals surface area contributed by atoms with Crippen molar-refractivity contribution < 1.29 is 46.6 Å². The molecule has 5 rings (SSSR count). The average Bonchev–Trinajstić information content (AvgIpc) is 3.58. The van der Waals surface area contributed by atoms with E-state index in [0.29, 0.717) is 23.4 Å². The van der Waals surface area contributed by atoms with Crippen LogP contribution in [0.25, 0.3) is 0 Å². The molecule has 0 radical (unpaired) electrons. The zero-order valence-corrected chi connectivity index (χ0v) is 21.2. The lowest BCUT2D eigenvalue weighted by Crippen LogP contribution is -2.27. The summed E-state index contributed by atoms with van der Waals surface area (Å²) in [5.74, 6) is -1.03. The Labute approximate surface area is 208 Å². The van der Waals surface area contributed by atoms with Gasteiger partial charge in [-0.2, -0.15) is 27.9 Å². The first-order chi connectivity index (χ1) is 17.3. The quantitative estimate of drug-likeness (QED) is 0.302. The molecule has 0 aliphatic carbocycles. The Bertz CT molecular complexity index is 1060. The molecule has 0 spiro atoms. The zero-order valence-electron chi connectivity index (χ0n) is 19.4. The fraction of sp³-hybridized carbons (Fsp3) is 0.364. The number of imide groups is 1. The van der Waals surface area contributed by atoms with E-state index in [1.807, 2.05) is 6.92 Å². The molecule has 194 valence electrons. The van der Waals surface area contributed by atoms with Crippen molar-refractivity contribution in [1.29, 1.82) is 0 Å². The first-order valence-electron chi connectivity index (χ1n) is 11.2. The van der Waals surface area contributed by atoms with Gasteiger partial charge in [-0.1, -0.05) is 19.1 Å². The minimum atomic E-state index is -3.45. The van der Waals surface area contributed by atoms with E-state index in [1.54, 1.807) is 24.3 Å². The van der Waals surface area contributed by atoms with Crippen molar-refractivity contribution in [3.8, 4) is 5.75 Å². The van der Waals surface area contributed by atoms with E-state index < -0.39 is 27.2 Å². The first-order valence-corrected chi connectivity index (χ1v) is 14.5. The predicted molar refractivity (Wildman–Crippen MR) is 130 cm³/mol.